The molecule has 0 aromatic carbocycles. The number of piperidine rings is 1. The molecule has 2 heterocycles. The van der Waals surface area contributed by atoms with Crippen LogP contribution in [0.3, 0.4) is 0 Å². The normalized spacial score (nSPS) is 21.5. The molecule has 1 aromatic rings. The average Bonchev–Trinajstić information content (AvgIpc) is 2.67. The maximum Gasteiger partial charge on any atom is 0.239 e. The number of carbonyl (C=O) groups excluding carboxylic acids is 1. The molecule has 1 aliphatic rings. The minimum absolute atomic E-state index is 0.0301. The second-order valence-electron chi connectivity index (χ2n) is 4.06. The molecule has 16 heavy (non-hydrogen) atoms. The van der Waals surface area contributed by atoms with E-state index in [1.807, 2.05) is 0 Å². The molecule has 0 bridgehead atoms. The van der Waals surface area contributed by atoms with E-state index in [1.54, 1.807) is 11.8 Å². The maximum absolute atomic E-state index is 11.7. The number of aryl methyl sites for hydroxylation is 1. The Balaban J connectivity index is 1.87. The largest absolute Gasteiger partial charge is 0.341 e. The number of hydrogen-bond donors (Lipinski definition) is 1. The van der Waals surface area contributed by atoms with Crippen LogP contribution in [0.15, 0.2) is 4.52 Å². The Morgan fingerprint density at radius 3 is 3.12 bits per heavy atom. The molecule has 88 valence electrons. The number of aromatic nitrogens is 2. The number of carbonyl (C=O) groups is 1. The molecular weight excluding hydrogens is 208 g/mol. The van der Waals surface area contributed by atoms with Crippen LogP contribution in [0.2, 0.25) is 0 Å². The smallest absolute Gasteiger partial charge is 0.239 e. The summed E-state index contributed by atoms with van der Waals surface area (Å²) in [6.45, 7) is 3.16. The van der Waals surface area contributed by atoms with Crippen LogP contribution in [0.5, 0.6) is 0 Å². The summed E-state index contributed by atoms with van der Waals surface area (Å²) >= 11 is 0. The highest BCUT2D eigenvalue weighted by atomic mass is 16.5. The third-order valence-corrected chi connectivity index (χ3v) is 2.74. The molecule has 6 nitrogen and oxygen atoms in total. The zero-order valence-electron chi connectivity index (χ0n) is 9.35. The van der Waals surface area contributed by atoms with E-state index >= 15 is 0 Å². The number of rotatable bonds is 3. The van der Waals surface area contributed by atoms with Crippen molar-refractivity contribution in [1.82, 2.24) is 15.0 Å². The lowest BCUT2D eigenvalue weighted by atomic mass is 10.1. The molecule has 1 saturated heterocycles. The van der Waals surface area contributed by atoms with Crippen LogP contribution in [0.1, 0.15) is 24.6 Å². The predicted octanol–water partition coefficient (Wildman–Crippen LogP) is -0.130. The van der Waals surface area contributed by atoms with Crippen LogP contribution in [0.4, 0.5) is 0 Å². The second kappa shape index (κ2) is 4.61. The van der Waals surface area contributed by atoms with Crippen LogP contribution in [0, 0.1) is 6.92 Å². The fraction of sp³-hybridized carbons (Fsp3) is 0.700. The highest BCUT2D eigenvalue weighted by molar-refractivity contribution is 5.82. The molecule has 0 radical (unpaired) electrons. The van der Waals surface area contributed by atoms with Crippen molar-refractivity contribution in [3.8, 4) is 0 Å². The van der Waals surface area contributed by atoms with Gasteiger partial charge in [0.1, 0.15) is 0 Å². The topological polar surface area (TPSA) is 85.3 Å². The van der Waals surface area contributed by atoms with Gasteiger partial charge in [0.05, 0.1) is 6.04 Å². The Bertz CT molecular complexity index is 377. The molecular formula is C10H16N4O2. The zero-order chi connectivity index (χ0) is 11.5. The monoisotopic (exact) mass is 224 g/mol. The van der Waals surface area contributed by atoms with E-state index in [-0.39, 0.29) is 11.9 Å². The summed E-state index contributed by atoms with van der Waals surface area (Å²) in [6.07, 6.45) is 2.35. The van der Waals surface area contributed by atoms with Crippen molar-refractivity contribution in [2.45, 2.75) is 32.2 Å². The summed E-state index contributed by atoms with van der Waals surface area (Å²) in [5.41, 5.74) is 5.70. The second-order valence-corrected chi connectivity index (χ2v) is 4.06. The number of nitrogens with zero attached hydrogens (tertiary/aromatic N) is 3. The Labute approximate surface area is 93.8 Å². The molecule has 0 spiro atoms. The molecule has 1 aliphatic heterocycles. The van der Waals surface area contributed by atoms with Crippen LogP contribution < -0.4 is 5.73 Å². The Hall–Kier alpha value is -1.43. The van der Waals surface area contributed by atoms with E-state index in [0.717, 1.165) is 19.4 Å². The predicted molar refractivity (Wildman–Crippen MR) is 56.5 cm³/mol. The minimum atomic E-state index is -0.335. The van der Waals surface area contributed by atoms with Crippen molar-refractivity contribution in [3.05, 3.63) is 11.7 Å². The van der Waals surface area contributed by atoms with Crippen LogP contribution in [0.25, 0.3) is 0 Å². The number of nitrogens with two attached hydrogens (primary N) is 1. The van der Waals surface area contributed by atoms with Crippen molar-refractivity contribution in [3.63, 3.8) is 0 Å². The highest BCUT2D eigenvalue weighted by Crippen LogP contribution is 2.10. The number of hydrogen-bond acceptors (Lipinski definition) is 5. The van der Waals surface area contributed by atoms with Gasteiger partial charge in [-0.1, -0.05) is 5.16 Å². The van der Waals surface area contributed by atoms with E-state index in [2.05, 4.69) is 10.1 Å². The lowest BCUT2D eigenvalue weighted by Crippen LogP contribution is -2.48. The van der Waals surface area contributed by atoms with Gasteiger partial charge in [0.25, 0.3) is 0 Å². The molecule has 1 unspecified atom stereocenters. The molecule has 0 aliphatic carbocycles. The van der Waals surface area contributed by atoms with Gasteiger partial charge >= 0.3 is 0 Å². The summed E-state index contributed by atoms with van der Waals surface area (Å²) in [7, 11) is 0. The van der Waals surface area contributed by atoms with E-state index in [0.29, 0.717) is 24.7 Å². The van der Waals surface area contributed by atoms with Gasteiger partial charge in [0.15, 0.2) is 5.82 Å². The van der Waals surface area contributed by atoms with Crippen LogP contribution in [-0.4, -0.2) is 40.1 Å². The first-order valence-corrected chi connectivity index (χ1v) is 5.50. The zero-order valence-corrected chi connectivity index (χ0v) is 9.35. The lowest BCUT2D eigenvalue weighted by Gasteiger charge is -2.29. The molecule has 1 fully saturated rings. The van der Waals surface area contributed by atoms with Gasteiger partial charge in [-0.3, -0.25) is 4.79 Å². The molecule has 6 heteroatoms. The number of likely N-dealkylation sites (tertiary alicyclic amines) is 1. The van der Waals surface area contributed by atoms with Crippen LogP contribution in [-0.2, 0) is 11.2 Å². The van der Waals surface area contributed by atoms with Gasteiger partial charge in [0.2, 0.25) is 11.8 Å². The Morgan fingerprint density at radius 1 is 1.62 bits per heavy atom. The van der Waals surface area contributed by atoms with Gasteiger partial charge in [-0.05, 0) is 19.8 Å². The van der Waals surface area contributed by atoms with Crippen molar-refractivity contribution in [2.24, 2.45) is 5.73 Å². The van der Waals surface area contributed by atoms with Gasteiger partial charge < -0.3 is 15.2 Å². The fourth-order valence-corrected chi connectivity index (χ4v) is 1.86. The minimum Gasteiger partial charge on any atom is -0.341 e. The maximum atomic E-state index is 11.7. The molecule has 1 atom stereocenters. The number of amides is 1. The fourth-order valence-electron chi connectivity index (χ4n) is 1.86. The molecule has 0 saturated carbocycles. The van der Waals surface area contributed by atoms with Crippen LogP contribution >= 0.6 is 0 Å². The molecule has 1 aromatic heterocycles. The lowest BCUT2D eigenvalue weighted by molar-refractivity contribution is -0.134. The van der Waals surface area contributed by atoms with Gasteiger partial charge in [-0.25, -0.2) is 0 Å². The van der Waals surface area contributed by atoms with E-state index in [4.69, 9.17) is 10.3 Å². The van der Waals surface area contributed by atoms with Crippen molar-refractivity contribution < 1.29 is 9.32 Å². The SMILES string of the molecule is Cc1noc(CCN2CCCC(N)C2=O)n1. The summed E-state index contributed by atoms with van der Waals surface area (Å²) < 4.78 is 4.99. The quantitative estimate of drug-likeness (QED) is 0.773. The summed E-state index contributed by atoms with van der Waals surface area (Å²) in [4.78, 5) is 17.5. The molecule has 1 amide bonds. The Kier molecular flexibility index (Phi) is 3.19. The van der Waals surface area contributed by atoms with E-state index in [1.165, 1.54) is 0 Å². The Morgan fingerprint density at radius 2 is 2.44 bits per heavy atom. The van der Waals surface area contributed by atoms with E-state index < -0.39 is 0 Å². The average molecular weight is 224 g/mol. The first kappa shape index (κ1) is 11.1. The summed E-state index contributed by atoms with van der Waals surface area (Å²) in [5, 5.41) is 3.70. The van der Waals surface area contributed by atoms with Gasteiger partial charge in [-0.2, -0.15) is 4.98 Å². The van der Waals surface area contributed by atoms with Gasteiger partial charge in [0, 0.05) is 19.5 Å². The van der Waals surface area contributed by atoms with Crippen molar-refractivity contribution in [1.29, 1.82) is 0 Å². The first-order valence-electron chi connectivity index (χ1n) is 5.50. The van der Waals surface area contributed by atoms with Crippen molar-refractivity contribution >= 4 is 5.91 Å². The molecule has 2 rings (SSSR count). The highest BCUT2D eigenvalue weighted by Gasteiger charge is 2.25. The third-order valence-electron chi connectivity index (χ3n) is 2.74. The van der Waals surface area contributed by atoms with Crippen molar-refractivity contribution in [2.75, 3.05) is 13.1 Å². The standard InChI is InChI=1S/C10H16N4O2/c1-7-12-9(16-13-7)4-6-14-5-2-3-8(11)10(14)15/h8H,2-6,11H2,1H3. The first-order chi connectivity index (χ1) is 7.66. The summed E-state index contributed by atoms with van der Waals surface area (Å²) in [5.74, 6) is 1.23. The van der Waals surface area contributed by atoms with E-state index in [9.17, 15) is 4.79 Å². The third kappa shape index (κ3) is 2.38. The molecule has 2 N–H and O–H groups in total. The summed E-state index contributed by atoms with van der Waals surface area (Å²) in [6, 6.07) is -0.335. The van der Waals surface area contributed by atoms with Gasteiger partial charge in [-0.15, -0.1) is 0 Å².